The first-order valence-corrected chi connectivity index (χ1v) is 4.09. The smallest absolute Gasteiger partial charge is 0.0402 e. The Hall–Kier alpha value is 1.30. The van der Waals surface area contributed by atoms with Crippen molar-refractivity contribution in [3.63, 3.8) is 0 Å². The second kappa shape index (κ2) is 111. The van der Waals surface area contributed by atoms with Gasteiger partial charge in [-0.25, -0.2) is 0 Å². The standard InChI is InChI=1S/4C2H6O.2ClH.Zr/c4*1-2-3;;;/h4*3H,2H2,1H3;2*1H;. The minimum absolute atomic E-state index is 0. The average Bonchev–Trinajstić information content (AvgIpc) is 1.92. The molecule has 0 spiro atoms. The molecule has 0 saturated carbocycles. The molecule has 0 heterocycles. The van der Waals surface area contributed by atoms with E-state index in [9.17, 15) is 0 Å². The summed E-state index contributed by atoms with van der Waals surface area (Å²) in [5.74, 6) is 0. The van der Waals surface area contributed by atoms with Gasteiger partial charge in [0.2, 0.25) is 0 Å². The minimum Gasteiger partial charge on any atom is -0.397 e. The molecule has 15 heavy (non-hydrogen) atoms. The van der Waals surface area contributed by atoms with Gasteiger partial charge in [-0.15, -0.1) is 24.8 Å². The number of halogens is 2. The summed E-state index contributed by atoms with van der Waals surface area (Å²) in [5, 5.41) is 30.3. The van der Waals surface area contributed by atoms with E-state index in [2.05, 4.69) is 0 Å². The van der Waals surface area contributed by atoms with Crippen LogP contribution in [0.1, 0.15) is 27.7 Å². The molecule has 0 unspecified atom stereocenters. The van der Waals surface area contributed by atoms with Crippen molar-refractivity contribution < 1.29 is 46.6 Å². The Balaban J connectivity index is -0.0000000107. The van der Waals surface area contributed by atoms with Crippen LogP contribution in [0.5, 0.6) is 0 Å². The van der Waals surface area contributed by atoms with E-state index in [0.29, 0.717) is 0 Å². The molecule has 0 amide bonds. The molecular weight excluding hydrogens is 322 g/mol. The van der Waals surface area contributed by atoms with Crippen LogP contribution in [0.2, 0.25) is 0 Å². The fourth-order valence-electron chi connectivity index (χ4n) is 0. The van der Waals surface area contributed by atoms with Gasteiger partial charge in [0.1, 0.15) is 0 Å². The predicted octanol–water partition coefficient (Wildman–Crippen LogP) is 0.835. The molecule has 4 nitrogen and oxygen atoms in total. The summed E-state index contributed by atoms with van der Waals surface area (Å²) < 4.78 is 0. The SMILES string of the molecule is CCO.CCO.CCO.CCO.Cl.Cl.[Zr]. The normalized spacial score (nSPS) is 4.80. The zero-order chi connectivity index (χ0) is 10.8. The first-order chi connectivity index (χ1) is 5.66. The molecule has 0 aliphatic carbocycles. The van der Waals surface area contributed by atoms with Gasteiger partial charge in [-0.05, 0) is 27.7 Å². The Labute approximate surface area is 125 Å². The Morgan fingerprint density at radius 2 is 0.533 bits per heavy atom. The third-order valence-corrected chi connectivity index (χ3v) is 0. The molecule has 0 aliphatic heterocycles. The Kier molecular flexibility index (Phi) is 327. The van der Waals surface area contributed by atoms with E-state index >= 15 is 0 Å². The van der Waals surface area contributed by atoms with Crippen molar-refractivity contribution in [2.45, 2.75) is 27.7 Å². The van der Waals surface area contributed by atoms with Gasteiger partial charge in [-0.2, -0.15) is 0 Å². The van der Waals surface area contributed by atoms with Gasteiger partial charge in [0.05, 0.1) is 0 Å². The van der Waals surface area contributed by atoms with Gasteiger partial charge in [0, 0.05) is 52.6 Å². The second-order valence-corrected chi connectivity index (χ2v) is 1.26. The van der Waals surface area contributed by atoms with Crippen LogP contribution in [0, 0.1) is 0 Å². The average molecular weight is 348 g/mol. The van der Waals surface area contributed by atoms with Crippen LogP contribution in [0.15, 0.2) is 0 Å². The maximum Gasteiger partial charge on any atom is 0.0402 e. The number of rotatable bonds is 0. The van der Waals surface area contributed by atoms with E-state index in [1.807, 2.05) is 0 Å². The van der Waals surface area contributed by atoms with Gasteiger partial charge >= 0.3 is 0 Å². The maximum atomic E-state index is 7.57. The van der Waals surface area contributed by atoms with Crippen molar-refractivity contribution >= 4 is 24.8 Å². The molecule has 100 valence electrons. The molecule has 0 aromatic rings. The van der Waals surface area contributed by atoms with Crippen LogP contribution in [0.25, 0.3) is 0 Å². The number of hydrogen-bond acceptors (Lipinski definition) is 4. The molecule has 7 heteroatoms. The second-order valence-electron chi connectivity index (χ2n) is 1.26. The maximum absolute atomic E-state index is 7.57. The summed E-state index contributed by atoms with van der Waals surface area (Å²) in [5.41, 5.74) is 0. The fourth-order valence-corrected chi connectivity index (χ4v) is 0. The molecule has 0 radical (unpaired) electrons. The molecule has 0 aromatic heterocycles. The molecule has 0 atom stereocenters. The summed E-state index contributed by atoms with van der Waals surface area (Å²) in [6.45, 7) is 7.72. The van der Waals surface area contributed by atoms with Gasteiger partial charge in [0.15, 0.2) is 0 Å². The van der Waals surface area contributed by atoms with Gasteiger partial charge in [0.25, 0.3) is 0 Å². The van der Waals surface area contributed by atoms with Crippen molar-refractivity contribution in [2.24, 2.45) is 0 Å². The van der Waals surface area contributed by atoms with E-state index < -0.39 is 0 Å². The van der Waals surface area contributed by atoms with Crippen molar-refractivity contribution in [2.75, 3.05) is 26.4 Å². The molecule has 0 aliphatic rings. The molecule has 0 saturated heterocycles. The molecule has 0 aromatic carbocycles. The summed E-state index contributed by atoms with van der Waals surface area (Å²) in [4.78, 5) is 0. The fraction of sp³-hybridized carbons (Fsp3) is 1.00. The van der Waals surface area contributed by atoms with E-state index in [1.165, 1.54) is 0 Å². The van der Waals surface area contributed by atoms with E-state index in [-0.39, 0.29) is 77.4 Å². The van der Waals surface area contributed by atoms with Gasteiger partial charge < -0.3 is 20.4 Å². The first kappa shape index (κ1) is 44.1. The molecular formula is C8H26Cl2O4Zr. The van der Waals surface area contributed by atoms with Crippen LogP contribution in [0.4, 0.5) is 0 Å². The third kappa shape index (κ3) is 1590. The van der Waals surface area contributed by atoms with Crippen molar-refractivity contribution in [1.29, 1.82) is 0 Å². The van der Waals surface area contributed by atoms with Crippen molar-refractivity contribution in [3.05, 3.63) is 0 Å². The Morgan fingerprint density at radius 3 is 0.533 bits per heavy atom. The van der Waals surface area contributed by atoms with Crippen LogP contribution in [-0.4, -0.2) is 46.9 Å². The molecule has 0 fully saturated rings. The van der Waals surface area contributed by atoms with Crippen LogP contribution in [0.3, 0.4) is 0 Å². The van der Waals surface area contributed by atoms with E-state index in [4.69, 9.17) is 20.4 Å². The summed E-state index contributed by atoms with van der Waals surface area (Å²) in [6, 6.07) is 0. The Bertz CT molecular complexity index is 32.6. The molecule has 4 N–H and O–H groups in total. The zero-order valence-corrected chi connectivity index (χ0v) is 14.0. The summed E-state index contributed by atoms with van der Waals surface area (Å²) in [7, 11) is 0. The third-order valence-electron chi connectivity index (χ3n) is 0. The van der Waals surface area contributed by atoms with Gasteiger partial charge in [-0.3, -0.25) is 0 Å². The van der Waals surface area contributed by atoms with Crippen LogP contribution in [-0.2, 0) is 26.2 Å². The molecule has 0 rings (SSSR count). The zero-order valence-electron chi connectivity index (χ0n) is 9.93. The van der Waals surface area contributed by atoms with Crippen molar-refractivity contribution in [1.82, 2.24) is 0 Å². The number of aliphatic hydroxyl groups excluding tert-OH is 4. The summed E-state index contributed by atoms with van der Waals surface area (Å²) >= 11 is 0. The van der Waals surface area contributed by atoms with Crippen LogP contribution < -0.4 is 0 Å². The predicted molar refractivity (Wildman–Crippen MR) is 65.5 cm³/mol. The van der Waals surface area contributed by atoms with E-state index in [1.54, 1.807) is 27.7 Å². The van der Waals surface area contributed by atoms with Crippen LogP contribution >= 0.6 is 24.8 Å². The van der Waals surface area contributed by atoms with Crippen molar-refractivity contribution in [3.8, 4) is 0 Å². The van der Waals surface area contributed by atoms with Gasteiger partial charge in [-0.1, -0.05) is 0 Å². The number of aliphatic hydroxyl groups is 4. The topological polar surface area (TPSA) is 80.9 Å². The number of hydrogen-bond donors (Lipinski definition) is 4. The molecule has 0 bridgehead atoms. The first-order valence-electron chi connectivity index (χ1n) is 4.09. The summed E-state index contributed by atoms with van der Waals surface area (Å²) in [6.07, 6.45) is 0. The minimum atomic E-state index is 0. The van der Waals surface area contributed by atoms with E-state index in [0.717, 1.165) is 0 Å². The monoisotopic (exact) mass is 346 g/mol. The Morgan fingerprint density at radius 1 is 0.533 bits per heavy atom. The largest absolute Gasteiger partial charge is 0.397 e. The quantitative estimate of drug-likeness (QED) is 0.523.